The van der Waals surface area contributed by atoms with Gasteiger partial charge in [-0.05, 0) is 39.0 Å². The monoisotopic (exact) mass is 236 g/mol. The van der Waals surface area contributed by atoms with Crippen molar-refractivity contribution in [1.82, 2.24) is 0 Å². The number of rotatable bonds is 2. The van der Waals surface area contributed by atoms with Gasteiger partial charge in [-0.2, -0.15) is 0 Å². The minimum Gasteiger partial charge on any atom is -0.348 e. The minimum atomic E-state index is -0.489. The molecule has 0 aromatic heterocycles. The van der Waals surface area contributed by atoms with Crippen LogP contribution in [0.25, 0.3) is 0 Å². The maximum absolute atomic E-state index is 11.8. The maximum Gasteiger partial charge on any atom is 0.163 e. The maximum atomic E-state index is 11.8. The lowest BCUT2D eigenvalue weighted by atomic mass is 9.77. The van der Waals surface area contributed by atoms with Gasteiger partial charge in [0, 0.05) is 11.8 Å². The van der Waals surface area contributed by atoms with Crippen LogP contribution in [0.1, 0.15) is 27.2 Å². The first kappa shape index (κ1) is 11.4. The van der Waals surface area contributed by atoms with E-state index in [0.717, 1.165) is 6.42 Å². The summed E-state index contributed by atoms with van der Waals surface area (Å²) in [6.45, 7) is 6.23. The van der Waals surface area contributed by atoms with Crippen molar-refractivity contribution in [3.8, 4) is 0 Å². The van der Waals surface area contributed by atoms with Crippen LogP contribution in [0.3, 0.4) is 0 Å². The molecule has 1 heterocycles. The smallest absolute Gasteiger partial charge is 0.163 e. The molecule has 5 atom stereocenters. The van der Waals surface area contributed by atoms with E-state index in [9.17, 15) is 4.79 Å². The van der Waals surface area contributed by atoms with Crippen molar-refractivity contribution >= 4 is 5.78 Å². The van der Waals surface area contributed by atoms with Crippen molar-refractivity contribution in [2.45, 2.75) is 39.1 Å². The molecule has 0 N–H and O–H groups in total. The largest absolute Gasteiger partial charge is 0.348 e. The van der Waals surface area contributed by atoms with Gasteiger partial charge in [0.15, 0.2) is 5.79 Å². The lowest BCUT2D eigenvalue weighted by Crippen LogP contribution is -2.37. The molecular weight excluding hydrogens is 216 g/mol. The number of hydrogen-bond donors (Lipinski definition) is 0. The Morgan fingerprint density at radius 3 is 2.59 bits per heavy atom. The Kier molecular flexibility index (Phi) is 2.46. The van der Waals surface area contributed by atoms with Gasteiger partial charge in [0.2, 0.25) is 0 Å². The van der Waals surface area contributed by atoms with Crippen molar-refractivity contribution in [2.75, 3.05) is 6.61 Å². The van der Waals surface area contributed by atoms with Crippen LogP contribution < -0.4 is 0 Å². The molecule has 2 fully saturated rings. The highest BCUT2D eigenvalue weighted by molar-refractivity contribution is 5.80. The Morgan fingerprint density at radius 2 is 2.00 bits per heavy atom. The third-order valence-electron chi connectivity index (χ3n) is 4.45. The average Bonchev–Trinajstić information content (AvgIpc) is 2.89. The molecule has 0 spiro atoms. The Labute approximate surface area is 102 Å². The van der Waals surface area contributed by atoms with Crippen molar-refractivity contribution in [2.24, 2.45) is 23.7 Å². The second-order valence-corrected chi connectivity index (χ2v) is 6.03. The Hall–Kier alpha value is -0.670. The van der Waals surface area contributed by atoms with E-state index in [2.05, 4.69) is 12.2 Å². The summed E-state index contributed by atoms with van der Waals surface area (Å²) in [6.07, 6.45) is 5.69. The highest BCUT2D eigenvalue weighted by atomic mass is 16.7. The van der Waals surface area contributed by atoms with Gasteiger partial charge < -0.3 is 9.47 Å². The number of carbonyl (C=O) groups excluding carboxylic acids is 1. The molecular formula is C14H20O3. The molecule has 2 aliphatic carbocycles. The minimum absolute atomic E-state index is 0.0823. The van der Waals surface area contributed by atoms with Gasteiger partial charge in [0.25, 0.3) is 0 Å². The van der Waals surface area contributed by atoms with Gasteiger partial charge in [-0.15, -0.1) is 0 Å². The summed E-state index contributed by atoms with van der Waals surface area (Å²) in [4.78, 5) is 11.8. The van der Waals surface area contributed by atoms with Crippen LogP contribution in [-0.4, -0.2) is 24.3 Å². The van der Waals surface area contributed by atoms with Crippen molar-refractivity contribution in [3.05, 3.63) is 12.2 Å². The Bertz CT molecular complexity index is 372. The summed E-state index contributed by atoms with van der Waals surface area (Å²) in [6, 6.07) is 0. The molecule has 0 unspecified atom stereocenters. The van der Waals surface area contributed by atoms with E-state index in [1.165, 1.54) is 0 Å². The van der Waals surface area contributed by atoms with E-state index >= 15 is 0 Å². The summed E-state index contributed by atoms with van der Waals surface area (Å²) < 4.78 is 11.6. The molecule has 0 aromatic carbocycles. The topological polar surface area (TPSA) is 35.5 Å². The van der Waals surface area contributed by atoms with E-state index < -0.39 is 5.79 Å². The first-order chi connectivity index (χ1) is 7.98. The van der Waals surface area contributed by atoms with Gasteiger partial charge in [-0.25, -0.2) is 0 Å². The lowest BCUT2D eigenvalue weighted by molar-refractivity contribution is -0.150. The average molecular weight is 236 g/mol. The second-order valence-electron chi connectivity index (χ2n) is 6.03. The third-order valence-corrected chi connectivity index (χ3v) is 4.45. The molecule has 2 bridgehead atoms. The first-order valence-electron chi connectivity index (χ1n) is 6.48. The molecule has 94 valence electrons. The number of Topliss-reactive ketones (excluding diaryl/α,β-unsaturated/α-hetero) is 1. The van der Waals surface area contributed by atoms with E-state index in [0.29, 0.717) is 30.1 Å². The van der Waals surface area contributed by atoms with Crippen LogP contribution in [-0.2, 0) is 14.3 Å². The van der Waals surface area contributed by atoms with Crippen molar-refractivity contribution in [1.29, 1.82) is 0 Å². The molecule has 3 nitrogen and oxygen atoms in total. The predicted octanol–water partition coefficient (Wildman–Crippen LogP) is 2.17. The van der Waals surface area contributed by atoms with Gasteiger partial charge in [-0.3, -0.25) is 4.79 Å². The highest BCUT2D eigenvalue weighted by Gasteiger charge is 2.52. The van der Waals surface area contributed by atoms with Crippen LogP contribution in [0, 0.1) is 23.7 Å². The van der Waals surface area contributed by atoms with E-state index in [4.69, 9.17) is 9.47 Å². The zero-order valence-electron chi connectivity index (χ0n) is 10.7. The second kappa shape index (κ2) is 3.66. The van der Waals surface area contributed by atoms with Crippen LogP contribution in [0.5, 0.6) is 0 Å². The predicted molar refractivity (Wildman–Crippen MR) is 63.3 cm³/mol. The summed E-state index contributed by atoms with van der Waals surface area (Å²) in [5.41, 5.74) is 0. The molecule has 0 aromatic rings. The summed E-state index contributed by atoms with van der Waals surface area (Å²) in [5, 5.41) is 0. The fourth-order valence-corrected chi connectivity index (χ4v) is 3.84. The van der Waals surface area contributed by atoms with Gasteiger partial charge in [0.1, 0.15) is 5.78 Å². The van der Waals surface area contributed by atoms with Crippen LogP contribution >= 0.6 is 0 Å². The number of ether oxygens (including phenoxy) is 2. The molecule has 0 radical (unpaired) electrons. The van der Waals surface area contributed by atoms with Crippen molar-refractivity contribution in [3.63, 3.8) is 0 Å². The van der Waals surface area contributed by atoms with Crippen LogP contribution in [0.4, 0.5) is 0 Å². The fraction of sp³-hybridized carbons (Fsp3) is 0.786. The molecule has 0 amide bonds. The molecule has 3 aliphatic rings. The molecule has 17 heavy (non-hydrogen) atoms. The Balaban J connectivity index is 1.83. The number of hydrogen-bond acceptors (Lipinski definition) is 3. The van der Waals surface area contributed by atoms with Gasteiger partial charge >= 0.3 is 0 Å². The molecule has 1 aliphatic heterocycles. The molecule has 3 rings (SSSR count). The van der Waals surface area contributed by atoms with Crippen LogP contribution in [0.15, 0.2) is 12.2 Å². The quantitative estimate of drug-likeness (QED) is 0.689. The molecule has 1 saturated heterocycles. The fourth-order valence-electron chi connectivity index (χ4n) is 3.84. The number of fused-ring (bicyclic) bond motifs is 2. The summed E-state index contributed by atoms with van der Waals surface area (Å²) >= 11 is 0. The zero-order valence-corrected chi connectivity index (χ0v) is 10.7. The number of allylic oxidation sites excluding steroid dienone is 2. The standard InChI is InChI=1S/C14H20O3/c1-8(15)12-9-4-5-10(6-9)13(12)11-7-16-14(2,3)17-11/h4-5,9-13H,6-7H2,1-3H3/t9-,10+,11+,12+,13-/m0/s1. The van der Waals surface area contributed by atoms with E-state index in [1.807, 2.05) is 13.8 Å². The molecule has 1 saturated carbocycles. The van der Waals surface area contributed by atoms with Crippen molar-refractivity contribution < 1.29 is 14.3 Å². The van der Waals surface area contributed by atoms with E-state index in [-0.39, 0.29) is 12.0 Å². The first-order valence-corrected chi connectivity index (χ1v) is 6.48. The normalized spacial score (nSPS) is 46.6. The van der Waals surface area contributed by atoms with Crippen LogP contribution in [0.2, 0.25) is 0 Å². The van der Waals surface area contributed by atoms with Gasteiger partial charge in [0.05, 0.1) is 12.7 Å². The van der Waals surface area contributed by atoms with Gasteiger partial charge in [-0.1, -0.05) is 12.2 Å². The number of carbonyl (C=O) groups is 1. The molecule has 3 heteroatoms. The lowest BCUT2D eigenvalue weighted by Gasteiger charge is -2.30. The Morgan fingerprint density at radius 1 is 1.29 bits per heavy atom. The third kappa shape index (κ3) is 1.76. The zero-order chi connectivity index (χ0) is 12.2. The van der Waals surface area contributed by atoms with E-state index in [1.54, 1.807) is 6.92 Å². The summed E-state index contributed by atoms with van der Waals surface area (Å²) in [5.74, 6) is 1.24. The number of ketones is 1. The SMILES string of the molecule is CC(=O)[C@H]1[C@H]([C@H]2COC(C)(C)O2)[C@@H]2C=C[C@H]1C2. The highest BCUT2D eigenvalue weighted by Crippen LogP contribution is 2.51. The summed E-state index contributed by atoms with van der Waals surface area (Å²) in [7, 11) is 0.